The van der Waals surface area contributed by atoms with Crippen LogP contribution in [0.4, 0.5) is 0 Å². The number of nitrogens with zero attached hydrogens (tertiary/aromatic N) is 3. The molecule has 0 saturated heterocycles. The number of hydrogen-bond donors (Lipinski definition) is 1. The van der Waals surface area contributed by atoms with Crippen molar-refractivity contribution >= 4 is 17.6 Å². The Morgan fingerprint density at radius 3 is 2.79 bits per heavy atom. The summed E-state index contributed by atoms with van der Waals surface area (Å²) in [7, 11) is 1.51. The number of ether oxygens (including phenoxy) is 2. The summed E-state index contributed by atoms with van der Waals surface area (Å²) in [6.45, 7) is 6.55. The maximum absolute atomic E-state index is 13.3. The molecule has 0 atom stereocenters. The first kappa shape index (κ1) is 23.7. The zero-order valence-electron chi connectivity index (χ0n) is 19.1. The molecule has 1 amide bonds. The van der Waals surface area contributed by atoms with E-state index < -0.39 is 11.5 Å². The van der Waals surface area contributed by atoms with Crippen LogP contribution in [0.3, 0.4) is 0 Å². The maximum Gasteiger partial charge on any atom is 0.269 e. The molecule has 0 fully saturated rings. The van der Waals surface area contributed by atoms with Crippen molar-refractivity contribution in [3.8, 4) is 17.7 Å². The number of nitriles is 1. The number of benzene rings is 1. The third-order valence-electron chi connectivity index (χ3n) is 4.98. The first-order chi connectivity index (χ1) is 15.8. The van der Waals surface area contributed by atoms with Crippen LogP contribution in [-0.2, 0) is 9.53 Å². The van der Waals surface area contributed by atoms with Crippen LogP contribution < -0.4 is 15.6 Å². The van der Waals surface area contributed by atoms with Gasteiger partial charge in [0.15, 0.2) is 0 Å². The molecule has 1 aromatic carbocycles. The summed E-state index contributed by atoms with van der Waals surface area (Å²) in [6, 6.07) is 12.8. The third kappa shape index (κ3) is 5.45. The number of hydrogen-bond acceptors (Lipinski definition) is 6. The molecular formula is C25H26N4O4. The van der Waals surface area contributed by atoms with E-state index >= 15 is 0 Å². The number of carbonyl (C=O) groups is 1. The highest BCUT2D eigenvalue weighted by atomic mass is 16.5. The zero-order valence-corrected chi connectivity index (χ0v) is 19.1. The molecule has 0 aliphatic carbocycles. The predicted molar refractivity (Wildman–Crippen MR) is 125 cm³/mol. The van der Waals surface area contributed by atoms with Crippen LogP contribution in [0.2, 0.25) is 0 Å². The maximum atomic E-state index is 13.3. The second kappa shape index (κ2) is 10.6. The van der Waals surface area contributed by atoms with Gasteiger partial charge in [-0.3, -0.25) is 14.0 Å². The number of pyridine rings is 1. The number of aromatic nitrogens is 2. The smallest absolute Gasteiger partial charge is 0.269 e. The Hall–Kier alpha value is -3.96. The number of nitrogens with one attached hydrogen (secondary N) is 1. The third-order valence-corrected chi connectivity index (χ3v) is 4.98. The minimum Gasteiger partial charge on any atom is -0.438 e. The van der Waals surface area contributed by atoms with E-state index in [0.717, 1.165) is 11.1 Å². The summed E-state index contributed by atoms with van der Waals surface area (Å²) in [4.78, 5) is 30.3. The van der Waals surface area contributed by atoms with E-state index in [1.807, 2.05) is 45.0 Å². The molecule has 2 aromatic heterocycles. The normalized spacial score (nSPS) is 11.5. The largest absolute Gasteiger partial charge is 0.438 e. The standard InChI is InChI=1S/C25H26N4O4/c1-16(2)19-9-8-17(3)13-21(19)33-24-20(14-18(15-26)23(30)27-10-12-32-4)25(31)29-11-6-5-7-22(29)28-24/h5-9,11,13-14,16H,10,12H2,1-4H3,(H,27,30)/b18-14+. The van der Waals surface area contributed by atoms with Crippen LogP contribution in [0, 0.1) is 18.3 Å². The first-order valence-corrected chi connectivity index (χ1v) is 10.5. The molecule has 2 heterocycles. The van der Waals surface area contributed by atoms with Gasteiger partial charge in [0.1, 0.15) is 28.6 Å². The van der Waals surface area contributed by atoms with Gasteiger partial charge in [0.05, 0.1) is 6.61 Å². The molecular weight excluding hydrogens is 420 g/mol. The van der Waals surface area contributed by atoms with Crippen LogP contribution in [0.5, 0.6) is 11.6 Å². The molecule has 0 aliphatic heterocycles. The van der Waals surface area contributed by atoms with Gasteiger partial charge >= 0.3 is 0 Å². The summed E-state index contributed by atoms with van der Waals surface area (Å²) in [5.41, 5.74) is 1.64. The molecule has 0 bridgehead atoms. The Morgan fingerprint density at radius 1 is 1.30 bits per heavy atom. The Bertz CT molecular complexity index is 1300. The van der Waals surface area contributed by atoms with E-state index in [9.17, 15) is 14.9 Å². The quantitative estimate of drug-likeness (QED) is 0.322. The Morgan fingerprint density at radius 2 is 2.09 bits per heavy atom. The number of carbonyl (C=O) groups excluding carboxylic acids is 1. The highest BCUT2D eigenvalue weighted by Crippen LogP contribution is 2.32. The molecule has 0 saturated carbocycles. The van der Waals surface area contributed by atoms with Crippen LogP contribution in [0.1, 0.15) is 36.5 Å². The van der Waals surface area contributed by atoms with Gasteiger partial charge in [0, 0.05) is 19.9 Å². The van der Waals surface area contributed by atoms with Gasteiger partial charge in [-0.1, -0.05) is 32.0 Å². The lowest BCUT2D eigenvalue weighted by Gasteiger charge is -2.16. The van der Waals surface area contributed by atoms with E-state index in [2.05, 4.69) is 10.3 Å². The molecule has 0 aliphatic rings. The molecule has 33 heavy (non-hydrogen) atoms. The van der Waals surface area contributed by atoms with Gasteiger partial charge < -0.3 is 14.8 Å². The Balaban J connectivity index is 2.17. The summed E-state index contributed by atoms with van der Waals surface area (Å²) in [5.74, 6) is 0.143. The highest BCUT2D eigenvalue weighted by Gasteiger charge is 2.19. The highest BCUT2D eigenvalue weighted by molar-refractivity contribution is 6.01. The van der Waals surface area contributed by atoms with Crippen molar-refractivity contribution in [1.29, 1.82) is 5.26 Å². The Labute approximate surface area is 192 Å². The minimum atomic E-state index is -0.614. The van der Waals surface area contributed by atoms with Gasteiger partial charge in [0.2, 0.25) is 5.88 Å². The summed E-state index contributed by atoms with van der Waals surface area (Å²) < 4.78 is 12.4. The van der Waals surface area contributed by atoms with Gasteiger partial charge in [-0.05, 0) is 48.2 Å². The lowest BCUT2D eigenvalue weighted by molar-refractivity contribution is -0.117. The summed E-state index contributed by atoms with van der Waals surface area (Å²) >= 11 is 0. The molecule has 1 N–H and O–H groups in total. The van der Waals surface area contributed by atoms with Crippen LogP contribution in [-0.4, -0.2) is 35.6 Å². The van der Waals surface area contributed by atoms with Gasteiger partial charge in [-0.25, -0.2) is 0 Å². The van der Waals surface area contributed by atoms with Gasteiger partial charge in [0.25, 0.3) is 11.5 Å². The van der Waals surface area contributed by atoms with Crippen LogP contribution in [0.25, 0.3) is 11.7 Å². The van der Waals surface area contributed by atoms with E-state index in [4.69, 9.17) is 9.47 Å². The molecule has 3 rings (SSSR count). The van der Waals surface area contributed by atoms with E-state index in [-0.39, 0.29) is 29.5 Å². The Kier molecular flexibility index (Phi) is 7.59. The first-order valence-electron chi connectivity index (χ1n) is 10.5. The molecule has 8 nitrogen and oxygen atoms in total. The molecule has 8 heteroatoms. The average molecular weight is 447 g/mol. The number of rotatable bonds is 8. The number of aryl methyl sites for hydroxylation is 1. The molecule has 170 valence electrons. The number of fused-ring (bicyclic) bond motifs is 1. The van der Waals surface area contributed by atoms with E-state index in [0.29, 0.717) is 18.0 Å². The topological polar surface area (TPSA) is 106 Å². The fourth-order valence-electron chi connectivity index (χ4n) is 3.25. The second-order valence-corrected chi connectivity index (χ2v) is 7.78. The predicted octanol–water partition coefficient (Wildman–Crippen LogP) is 3.59. The van der Waals surface area contributed by atoms with Crippen LogP contribution in [0.15, 0.2) is 53.0 Å². The van der Waals surface area contributed by atoms with Crippen molar-refractivity contribution in [2.75, 3.05) is 20.3 Å². The van der Waals surface area contributed by atoms with E-state index in [1.165, 1.54) is 17.6 Å². The lowest BCUT2D eigenvalue weighted by Crippen LogP contribution is -2.28. The molecule has 3 aromatic rings. The summed E-state index contributed by atoms with van der Waals surface area (Å²) in [6.07, 6.45) is 2.79. The monoisotopic (exact) mass is 446 g/mol. The van der Waals surface area contributed by atoms with Crippen molar-refractivity contribution < 1.29 is 14.3 Å². The molecule has 0 spiro atoms. The second-order valence-electron chi connectivity index (χ2n) is 7.78. The SMILES string of the molecule is COCCNC(=O)/C(C#N)=C/c1c(Oc2cc(C)ccc2C(C)C)nc2ccccn2c1=O. The van der Waals surface area contributed by atoms with Crippen LogP contribution >= 0.6 is 0 Å². The van der Waals surface area contributed by atoms with Crippen molar-refractivity contribution in [2.24, 2.45) is 0 Å². The van der Waals surface area contributed by atoms with Gasteiger partial charge in [-0.2, -0.15) is 10.2 Å². The summed E-state index contributed by atoms with van der Waals surface area (Å²) in [5, 5.41) is 12.2. The fraction of sp³-hybridized carbons (Fsp3) is 0.280. The van der Waals surface area contributed by atoms with Gasteiger partial charge in [-0.15, -0.1) is 0 Å². The number of amides is 1. The zero-order chi connectivity index (χ0) is 24.0. The van der Waals surface area contributed by atoms with Crippen molar-refractivity contribution in [1.82, 2.24) is 14.7 Å². The molecule has 0 radical (unpaired) electrons. The number of methoxy groups -OCH3 is 1. The minimum absolute atomic E-state index is 0.00773. The van der Waals surface area contributed by atoms with E-state index in [1.54, 1.807) is 24.4 Å². The van der Waals surface area contributed by atoms with Crippen molar-refractivity contribution in [3.05, 3.63) is 75.2 Å². The lowest BCUT2D eigenvalue weighted by atomic mass is 10.0. The van der Waals surface area contributed by atoms with Crippen molar-refractivity contribution in [2.45, 2.75) is 26.7 Å². The molecule has 0 unspecified atom stereocenters. The average Bonchev–Trinajstić information content (AvgIpc) is 2.79. The fourth-order valence-corrected chi connectivity index (χ4v) is 3.25. The van der Waals surface area contributed by atoms with Crippen molar-refractivity contribution in [3.63, 3.8) is 0 Å².